The van der Waals surface area contributed by atoms with Crippen LogP contribution in [-0.2, 0) is 13.0 Å². The number of benzene rings is 3. The summed E-state index contributed by atoms with van der Waals surface area (Å²) in [5.74, 6) is 0. The average molecular weight is 616 g/mol. The zero-order chi connectivity index (χ0) is 34.6. The third-order valence-electron chi connectivity index (χ3n) is 7.50. The molecule has 0 spiro atoms. The second-order valence-corrected chi connectivity index (χ2v) is 11.5. The van der Waals surface area contributed by atoms with E-state index < -0.39 is 0 Å². The molecule has 3 aromatic rings. The number of rotatable bonds is 9. The Hall–Kier alpha value is -4.50. The molecule has 0 radical (unpaired) electrons. The number of nitrogens with zero attached hydrogens (tertiary/aromatic N) is 1. The van der Waals surface area contributed by atoms with Gasteiger partial charge < -0.3 is 10.7 Å². The van der Waals surface area contributed by atoms with Crippen molar-refractivity contribution in [2.45, 2.75) is 82.2 Å². The summed E-state index contributed by atoms with van der Waals surface area (Å²) in [6, 6.07) is 27.4. The van der Waals surface area contributed by atoms with Gasteiger partial charge in [0.15, 0.2) is 0 Å². The van der Waals surface area contributed by atoms with Crippen LogP contribution in [0.1, 0.15) is 90.1 Å². The number of nitrogens with one attached hydrogen (secondary N) is 2. The van der Waals surface area contributed by atoms with Crippen LogP contribution in [0.4, 0.5) is 0 Å². The fraction of sp³-hybridized carbons (Fsp3) is 0.302. The summed E-state index contributed by atoms with van der Waals surface area (Å²) in [5.41, 5.74) is 15.5. The van der Waals surface area contributed by atoms with Crippen LogP contribution in [0.15, 0.2) is 137 Å². The number of aryl methyl sites for hydroxylation is 2. The first-order valence-corrected chi connectivity index (χ1v) is 16.3. The van der Waals surface area contributed by atoms with E-state index in [1.165, 1.54) is 50.8 Å². The quantitative estimate of drug-likeness (QED) is 0.183. The Kier molecular flexibility index (Phi) is 18.3. The number of hydrogen-bond acceptors (Lipinski definition) is 3. The lowest BCUT2D eigenvalue weighted by Crippen LogP contribution is -2.10. The second kappa shape index (κ2) is 21.3. The summed E-state index contributed by atoms with van der Waals surface area (Å²) >= 11 is 0. The average Bonchev–Trinajstić information content (AvgIpc) is 3.47. The molecule has 0 aromatic heterocycles. The third kappa shape index (κ3) is 13.2. The molecule has 2 N–H and O–H groups in total. The second-order valence-electron chi connectivity index (χ2n) is 11.5. The zero-order valence-corrected chi connectivity index (χ0v) is 30.1. The Morgan fingerprint density at radius 3 is 1.89 bits per heavy atom. The summed E-state index contributed by atoms with van der Waals surface area (Å²) in [6.45, 7) is 30.4. The van der Waals surface area contributed by atoms with Crippen molar-refractivity contribution < 1.29 is 0 Å². The third-order valence-corrected chi connectivity index (χ3v) is 7.50. The van der Waals surface area contributed by atoms with Crippen LogP contribution in [0, 0.1) is 12.3 Å². The molecule has 4 rings (SSSR count). The zero-order valence-electron chi connectivity index (χ0n) is 30.1. The van der Waals surface area contributed by atoms with Gasteiger partial charge in [-0.05, 0) is 106 Å². The van der Waals surface area contributed by atoms with E-state index in [0.717, 1.165) is 47.6 Å². The predicted molar refractivity (Wildman–Crippen MR) is 206 cm³/mol. The minimum Gasteiger partial charge on any atom is -0.384 e. The van der Waals surface area contributed by atoms with Crippen LogP contribution in [0.2, 0.25) is 0 Å². The molecule has 1 aliphatic heterocycles. The SMILES string of the molecule is C=C(/C=C(\C)NCc1ccc(CC)cc1)c1ccccc1C.C=C(C)C1=C(C)CN=C1c1ccccc1.CC.CC(C)=C(C)C=N. The van der Waals surface area contributed by atoms with Gasteiger partial charge >= 0.3 is 0 Å². The Morgan fingerprint density at radius 2 is 1.39 bits per heavy atom. The molecular formula is C43H57N3. The van der Waals surface area contributed by atoms with Crippen LogP contribution < -0.4 is 5.32 Å². The lowest BCUT2D eigenvalue weighted by atomic mass is 9.96. The maximum Gasteiger partial charge on any atom is 0.0725 e. The van der Waals surface area contributed by atoms with Gasteiger partial charge in [0.2, 0.25) is 0 Å². The molecule has 0 bridgehead atoms. The molecule has 46 heavy (non-hydrogen) atoms. The van der Waals surface area contributed by atoms with E-state index in [-0.39, 0.29) is 0 Å². The van der Waals surface area contributed by atoms with Crippen molar-refractivity contribution in [3.63, 3.8) is 0 Å². The highest BCUT2D eigenvalue weighted by molar-refractivity contribution is 6.16. The molecule has 3 heteroatoms. The molecule has 3 nitrogen and oxygen atoms in total. The Morgan fingerprint density at radius 1 is 0.826 bits per heavy atom. The Labute approximate surface area is 280 Å². The summed E-state index contributed by atoms with van der Waals surface area (Å²) in [6.07, 6.45) is 4.57. The summed E-state index contributed by atoms with van der Waals surface area (Å²) < 4.78 is 0. The first-order valence-electron chi connectivity index (χ1n) is 16.3. The fourth-order valence-electron chi connectivity index (χ4n) is 4.56. The fourth-order valence-corrected chi connectivity index (χ4v) is 4.56. The maximum atomic E-state index is 6.76. The highest BCUT2D eigenvalue weighted by Gasteiger charge is 2.18. The maximum absolute atomic E-state index is 6.76. The molecule has 1 aliphatic rings. The first-order chi connectivity index (χ1) is 22.0. The topological polar surface area (TPSA) is 48.2 Å². The predicted octanol–water partition coefficient (Wildman–Crippen LogP) is 11.7. The normalized spacial score (nSPS) is 11.8. The van der Waals surface area contributed by atoms with E-state index in [2.05, 4.69) is 118 Å². The minimum absolute atomic E-state index is 0.812. The van der Waals surface area contributed by atoms with Crippen LogP contribution in [0.25, 0.3) is 5.57 Å². The van der Waals surface area contributed by atoms with Crippen molar-refractivity contribution in [3.8, 4) is 0 Å². The summed E-state index contributed by atoms with van der Waals surface area (Å²) in [4.78, 5) is 4.57. The number of allylic oxidation sites excluding steroid dienone is 7. The molecule has 0 unspecified atom stereocenters. The van der Waals surface area contributed by atoms with Gasteiger partial charge in [-0.25, -0.2) is 0 Å². The number of aliphatic imine (C=N–C) groups is 1. The van der Waals surface area contributed by atoms with Crippen molar-refractivity contribution >= 4 is 17.5 Å². The molecule has 0 saturated heterocycles. The van der Waals surface area contributed by atoms with E-state index in [4.69, 9.17) is 5.41 Å². The molecule has 244 valence electrons. The monoisotopic (exact) mass is 615 g/mol. The van der Waals surface area contributed by atoms with Gasteiger partial charge in [-0.1, -0.05) is 118 Å². The van der Waals surface area contributed by atoms with E-state index in [1.807, 2.05) is 59.7 Å². The van der Waals surface area contributed by atoms with Crippen molar-refractivity contribution in [1.29, 1.82) is 5.41 Å². The first kappa shape index (κ1) is 39.5. The largest absolute Gasteiger partial charge is 0.384 e. The van der Waals surface area contributed by atoms with Gasteiger partial charge in [0.25, 0.3) is 0 Å². The molecule has 3 aromatic carbocycles. The van der Waals surface area contributed by atoms with Crippen LogP contribution >= 0.6 is 0 Å². The lowest BCUT2D eigenvalue weighted by molar-refractivity contribution is 0.812. The van der Waals surface area contributed by atoms with Crippen LogP contribution in [-0.4, -0.2) is 18.5 Å². The van der Waals surface area contributed by atoms with E-state index in [1.54, 1.807) is 0 Å². The van der Waals surface area contributed by atoms with Crippen LogP contribution in [0.5, 0.6) is 0 Å². The van der Waals surface area contributed by atoms with E-state index >= 15 is 0 Å². The summed E-state index contributed by atoms with van der Waals surface area (Å²) in [5, 5.41) is 10.2. The lowest BCUT2D eigenvalue weighted by Gasteiger charge is -2.10. The molecule has 0 fully saturated rings. The van der Waals surface area contributed by atoms with Gasteiger partial charge in [0.1, 0.15) is 0 Å². The number of hydrogen-bond donors (Lipinski definition) is 2. The van der Waals surface area contributed by atoms with Gasteiger partial charge in [-0.3, -0.25) is 4.99 Å². The van der Waals surface area contributed by atoms with E-state index in [0.29, 0.717) is 0 Å². The molecule has 1 heterocycles. The Bertz CT molecular complexity index is 1540. The molecule has 0 atom stereocenters. The van der Waals surface area contributed by atoms with Crippen molar-refractivity contribution in [2.75, 3.05) is 6.54 Å². The van der Waals surface area contributed by atoms with Crippen LogP contribution in [0.3, 0.4) is 0 Å². The van der Waals surface area contributed by atoms with E-state index in [9.17, 15) is 0 Å². The highest BCUT2D eigenvalue weighted by Crippen LogP contribution is 2.25. The molecular weight excluding hydrogens is 558 g/mol. The van der Waals surface area contributed by atoms with Gasteiger partial charge in [0, 0.05) is 29.6 Å². The molecule has 0 amide bonds. The highest BCUT2D eigenvalue weighted by atomic mass is 14.9. The van der Waals surface area contributed by atoms with Crippen molar-refractivity contribution in [1.82, 2.24) is 5.32 Å². The molecule has 0 aliphatic carbocycles. The van der Waals surface area contributed by atoms with Crippen molar-refractivity contribution in [3.05, 3.63) is 159 Å². The standard InChI is InChI=1S/C21H25N.C14H15N.C6H11N.C2H6/c1-5-19-10-12-20(13-11-19)15-22-18(4)14-17(3)21-9-7-6-8-16(21)2;1-10(2)13-11(3)9-15-14(13)12-7-5-4-6-8-12;1-5(2)6(3)4-7;1-2/h6-14,22H,3,5,15H2,1-2,4H3;4-8H,1,9H2,2-3H3;4,7H,1-3H3;1-2H3/b18-14+;;;. The molecule has 0 saturated carbocycles. The summed E-state index contributed by atoms with van der Waals surface area (Å²) in [7, 11) is 0. The Balaban J connectivity index is 0.000000380. The smallest absolute Gasteiger partial charge is 0.0725 e. The van der Waals surface area contributed by atoms with Gasteiger partial charge in [-0.2, -0.15) is 0 Å². The van der Waals surface area contributed by atoms with Crippen molar-refractivity contribution in [2.24, 2.45) is 4.99 Å². The van der Waals surface area contributed by atoms with Gasteiger partial charge in [0.05, 0.1) is 12.3 Å². The minimum atomic E-state index is 0.812. The van der Waals surface area contributed by atoms with Gasteiger partial charge in [-0.15, -0.1) is 0 Å².